The van der Waals surface area contributed by atoms with E-state index >= 15 is 0 Å². The Kier molecular flexibility index (Phi) is 3.52. The van der Waals surface area contributed by atoms with Crippen molar-refractivity contribution in [1.29, 1.82) is 0 Å². The van der Waals surface area contributed by atoms with E-state index < -0.39 is 0 Å². The number of benzene rings is 1. The van der Waals surface area contributed by atoms with Gasteiger partial charge in [0.2, 0.25) is 0 Å². The quantitative estimate of drug-likeness (QED) is 0.604. The van der Waals surface area contributed by atoms with E-state index in [9.17, 15) is 0 Å². The highest BCUT2D eigenvalue weighted by Crippen LogP contribution is 1.96. The predicted molar refractivity (Wildman–Crippen MR) is 53.7 cm³/mol. The summed E-state index contributed by atoms with van der Waals surface area (Å²) in [6, 6.07) is 10.2. The van der Waals surface area contributed by atoms with Gasteiger partial charge in [0.1, 0.15) is 0 Å². The Hall–Kier alpha value is -1.11. The molecule has 64 valence electrons. The van der Waals surface area contributed by atoms with Crippen LogP contribution in [-0.2, 0) is 0 Å². The Bertz CT molecular complexity index is 236. The Morgan fingerprint density at radius 3 is 2.50 bits per heavy atom. The summed E-state index contributed by atoms with van der Waals surface area (Å²) in [6.07, 6.45) is 1.93. The molecule has 0 spiro atoms. The lowest BCUT2D eigenvalue weighted by atomic mass is 10.2. The summed E-state index contributed by atoms with van der Waals surface area (Å²) < 4.78 is 0. The zero-order chi connectivity index (χ0) is 8.81. The van der Waals surface area contributed by atoms with Gasteiger partial charge in [0.25, 0.3) is 0 Å². The molecule has 0 aliphatic carbocycles. The monoisotopic (exact) mass is 161 g/mol. The molecule has 1 nitrogen and oxygen atoms in total. The maximum atomic E-state index is 4.32. The van der Waals surface area contributed by atoms with E-state index in [1.54, 1.807) is 0 Å². The Morgan fingerprint density at radius 2 is 1.92 bits per heavy atom. The molecule has 0 fully saturated rings. The first-order chi connectivity index (χ1) is 5.79. The molecule has 0 heterocycles. The molecule has 0 atom stereocenters. The van der Waals surface area contributed by atoms with Gasteiger partial charge in [-0.15, -0.1) is 0 Å². The summed E-state index contributed by atoms with van der Waals surface area (Å²) in [4.78, 5) is 4.32. The Morgan fingerprint density at radius 1 is 1.25 bits per heavy atom. The van der Waals surface area contributed by atoms with Crippen molar-refractivity contribution >= 4 is 6.21 Å². The number of nitrogens with zero attached hydrogens (tertiary/aromatic N) is 1. The summed E-state index contributed by atoms with van der Waals surface area (Å²) in [5, 5.41) is 0. The van der Waals surface area contributed by atoms with Crippen LogP contribution in [0.3, 0.4) is 0 Å². The van der Waals surface area contributed by atoms with Crippen molar-refractivity contribution in [3.05, 3.63) is 35.9 Å². The SMILES string of the molecule is CC(C)C/N=C/c1ccccc1. The average molecular weight is 161 g/mol. The number of aliphatic imine (C=N–C) groups is 1. The van der Waals surface area contributed by atoms with Crippen molar-refractivity contribution < 1.29 is 0 Å². The summed E-state index contributed by atoms with van der Waals surface area (Å²) in [5.41, 5.74) is 1.18. The second-order valence-electron chi connectivity index (χ2n) is 3.30. The van der Waals surface area contributed by atoms with Crippen LogP contribution in [0.15, 0.2) is 35.3 Å². The minimum Gasteiger partial charge on any atom is -0.292 e. The molecule has 0 unspecified atom stereocenters. The molecule has 0 saturated carbocycles. The van der Waals surface area contributed by atoms with Gasteiger partial charge in [0, 0.05) is 12.8 Å². The molecule has 0 radical (unpaired) electrons. The first kappa shape index (κ1) is 8.98. The van der Waals surface area contributed by atoms with Crippen LogP contribution in [0.5, 0.6) is 0 Å². The van der Waals surface area contributed by atoms with E-state index in [4.69, 9.17) is 0 Å². The average Bonchev–Trinajstić information content (AvgIpc) is 2.05. The Balaban J connectivity index is 2.47. The maximum absolute atomic E-state index is 4.32. The smallest absolute Gasteiger partial charge is 0.0412 e. The van der Waals surface area contributed by atoms with Crippen molar-refractivity contribution in [2.45, 2.75) is 13.8 Å². The van der Waals surface area contributed by atoms with Gasteiger partial charge in [-0.3, -0.25) is 4.99 Å². The van der Waals surface area contributed by atoms with Crippen LogP contribution in [0.25, 0.3) is 0 Å². The predicted octanol–water partition coefficient (Wildman–Crippen LogP) is 2.76. The fourth-order valence-corrected chi connectivity index (χ4v) is 0.908. The molecule has 1 aromatic rings. The molecule has 0 bridgehead atoms. The van der Waals surface area contributed by atoms with Crippen molar-refractivity contribution in [3.8, 4) is 0 Å². The summed E-state index contributed by atoms with van der Waals surface area (Å²) in [5.74, 6) is 0.643. The molecule has 1 rings (SSSR count). The lowest BCUT2D eigenvalue weighted by molar-refractivity contribution is 0.667. The van der Waals surface area contributed by atoms with E-state index in [-0.39, 0.29) is 0 Å². The van der Waals surface area contributed by atoms with Crippen LogP contribution in [0, 0.1) is 5.92 Å². The second-order valence-corrected chi connectivity index (χ2v) is 3.30. The maximum Gasteiger partial charge on any atom is 0.0412 e. The van der Waals surface area contributed by atoms with Crippen molar-refractivity contribution in [3.63, 3.8) is 0 Å². The number of rotatable bonds is 3. The van der Waals surface area contributed by atoms with Gasteiger partial charge in [-0.1, -0.05) is 44.2 Å². The highest BCUT2D eigenvalue weighted by atomic mass is 14.7. The minimum absolute atomic E-state index is 0.643. The third-order valence-electron chi connectivity index (χ3n) is 1.51. The summed E-state index contributed by atoms with van der Waals surface area (Å²) >= 11 is 0. The summed E-state index contributed by atoms with van der Waals surface area (Å²) in [7, 11) is 0. The first-order valence-electron chi connectivity index (χ1n) is 4.34. The second kappa shape index (κ2) is 4.70. The highest BCUT2D eigenvalue weighted by Gasteiger charge is 1.88. The summed E-state index contributed by atoms with van der Waals surface area (Å²) in [6.45, 7) is 5.25. The topological polar surface area (TPSA) is 12.4 Å². The van der Waals surface area contributed by atoms with Gasteiger partial charge in [-0.05, 0) is 11.5 Å². The number of hydrogen-bond donors (Lipinski definition) is 0. The largest absolute Gasteiger partial charge is 0.292 e. The van der Waals surface area contributed by atoms with Gasteiger partial charge in [-0.25, -0.2) is 0 Å². The Labute approximate surface area is 74.2 Å². The normalized spacial score (nSPS) is 11.2. The van der Waals surface area contributed by atoms with Gasteiger partial charge < -0.3 is 0 Å². The van der Waals surface area contributed by atoms with E-state index in [1.807, 2.05) is 24.4 Å². The molecular weight excluding hydrogens is 146 g/mol. The van der Waals surface area contributed by atoms with E-state index in [1.165, 1.54) is 5.56 Å². The van der Waals surface area contributed by atoms with Crippen LogP contribution >= 0.6 is 0 Å². The van der Waals surface area contributed by atoms with Crippen molar-refractivity contribution in [2.75, 3.05) is 6.54 Å². The molecule has 0 aromatic heterocycles. The van der Waals surface area contributed by atoms with Crippen LogP contribution in [-0.4, -0.2) is 12.8 Å². The van der Waals surface area contributed by atoms with E-state index in [0.717, 1.165) is 6.54 Å². The van der Waals surface area contributed by atoms with Crippen LogP contribution in [0.2, 0.25) is 0 Å². The molecule has 0 aliphatic rings. The van der Waals surface area contributed by atoms with Gasteiger partial charge in [-0.2, -0.15) is 0 Å². The minimum atomic E-state index is 0.643. The molecule has 1 heteroatoms. The van der Waals surface area contributed by atoms with Crippen molar-refractivity contribution in [2.24, 2.45) is 10.9 Å². The molecule has 0 saturated heterocycles. The van der Waals surface area contributed by atoms with Crippen LogP contribution < -0.4 is 0 Å². The lowest BCUT2D eigenvalue weighted by Gasteiger charge is -1.96. The third kappa shape index (κ3) is 3.33. The van der Waals surface area contributed by atoms with Gasteiger partial charge in [0.05, 0.1) is 0 Å². The first-order valence-corrected chi connectivity index (χ1v) is 4.34. The van der Waals surface area contributed by atoms with Gasteiger partial charge >= 0.3 is 0 Å². The third-order valence-corrected chi connectivity index (χ3v) is 1.51. The molecule has 12 heavy (non-hydrogen) atoms. The fraction of sp³-hybridized carbons (Fsp3) is 0.364. The molecule has 0 amide bonds. The van der Waals surface area contributed by atoms with Crippen LogP contribution in [0.4, 0.5) is 0 Å². The molecule has 0 N–H and O–H groups in total. The van der Waals surface area contributed by atoms with Crippen molar-refractivity contribution in [1.82, 2.24) is 0 Å². The standard InChI is InChI=1S/C11H15N/c1-10(2)8-12-9-11-6-4-3-5-7-11/h3-7,9-10H,8H2,1-2H3/b12-9+. The molecule has 0 aliphatic heterocycles. The molecule has 1 aromatic carbocycles. The fourth-order valence-electron chi connectivity index (χ4n) is 0.908. The lowest BCUT2D eigenvalue weighted by Crippen LogP contribution is -1.92. The zero-order valence-corrected chi connectivity index (χ0v) is 7.70. The number of hydrogen-bond acceptors (Lipinski definition) is 1. The van der Waals surface area contributed by atoms with E-state index in [0.29, 0.717) is 5.92 Å². The zero-order valence-electron chi connectivity index (χ0n) is 7.70. The van der Waals surface area contributed by atoms with E-state index in [2.05, 4.69) is 31.0 Å². The van der Waals surface area contributed by atoms with Crippen LogP contribution in [0.1, 0.15) is 19.4 Å². The highest BCUT2D eigenvalue weighted by molar-refractivity contribution is 5.79. The van der Waals surface area contributed by atoms with Gasteiger partial charge in [0.15, 0.2) is 0 Å². The molecular formula is C11H15N.